The molecule has 0 aromatic heterocycles. The van der Waals surface area contributed by atoms with E-state index < -0.39 is 13.5 Å². The average Bonchev–Trinajstić information content (AvgIpc) is 1.88. The zero-order valence-corrected chi connectivity index (χ0v) is 10.3. The number of hydrogen-bond donors (Lipinski definition) is 0. The van der Waals surface area contributed by atoms with Crippen molar-refractivity contribution in [2.24, 2.45) is 0 Å². The molecule has 0 fully saturated rings. The van der Waals surface area contributed by atoms with Crippen LogP contribution in [0, 0.1) is 14.9 Å². The van der Waals surface area contributed by atoms with E-state index in [0.29, 0.717) is 0 Å². The van der Waals surface area contributed by atoms with Crippen LogP contribution in [0.25, 0.3) is 0 Å². The number of halogens is 2. The van der Waals surface area contributed by atoms with Gasteiger partial charge in [0.25, 0.3) is 0 Å². The molecule has 0 amide bonds. The van der Waals surface area contributed by atoms with Crippen molar-refractivity contribution >= 4 is 24.0 Å². The van der Waals surface area contributed by atoms with Gasteiger partial charge in [0, 0.05) is 0 Å². The Labute approximate surface area is 88.0 Å². The summed E-state index contributed by atoms with van der Waals surface area (Å²) >= 11 is -1.61. The van der Waals surface area contributed by atoms with Crippen LogP contribution in [0.15, 0.2) is 30.3 Å². The standard InChI is InChI=1S/C7H6.2CH3.2ClH.Ru/c1-7-5-3-2-4-6-7;;;;;/h1-6H;2*1H3;2*1H;/q;2*-1;;;+2/p-2. The van der Waals surface area contributed by atoms with Crippen molar-refractivity contribution in [3.63, 3.8) is 0 Å². The Morgan fingerprint density at radius 3 is 1.92 bits per heavy atom. The number of hydrogen-bond acceptors (Lipinski definition) is 0. The van der Waals surface area contributed by atoms with E-state index in [1.54, 1.807) is 0 Å². The van der Waals surface area contributed by atoms with Gasteiger partial charge in [-0.05, 0) is 0 Å². The van der Waals surface area contributed by atoms with Gasteiger partial charge in [-0.25, -0.2) is 0 Å². The van der Waals surface area contributed by atoms with E-state index in [4.69, 9.17) is 19.4 Å². The topological polar surface area (TPSA) is 0 Å². The summed E-state index contributed by atoms with van der Waals surface area (Å²) in [7, 11) is 11.3. The summed E-state index contributed by atoms with van der Waals surface area (Å²) in [5.74, 6) is 0. The molecule has 0 saturated heterocycles. The first-order chi connectivity index (χ1) is 4.79. The average molecular weight is 292 g/mol. The van der Waals surface area contributed by atoms with E-state index in [-0.39, 0.29) is 14.9 Å². The Morgan fingerprint density at radius 2 is 1.50 bits per heavy atom. The summed E-state index contributed by atoms with van der Waals surface area (Å²) in [5.41, 5.74) is 1.12. The van der Waals surface area contributed by atoms with E-state index in [2.05, 4.69) is 0 Å². The van der Waals surface area contributed by atoms with Crippen LogP contribution in [-0.2, 0) is 13.5 Å². The van der Waals surface area contributed by atoms with Crippen LogP contribution in [0.4, 0.5) is 0 Å². The Morgan fingerprint density at radius 1 is 1.00 bits per heavy atom. The molecule has 0 aliphatic carbocycles. The summed E-state index contributed by atoms with van der Waals surface area (Å²) in [5, 5.41) is 0. The Kier molecular flexibility index (Phi) is 9.76. The fourth-order valence-electron chi connectivity index (χ4n) is 0.610. The molecule has 0 atom stereocenters. The molecule has 0 spiro atoms. The van der Waals surface area contributed by atoms with E-state index >= 15 is 0 Å². The molecule has 1 aromatic rings. The molecular weight excluding hydrogens is 280 g/mol. The van der Waals surface area contributed by atoms with Gasteiger partial charge in [-0.2, -0.15) is 0 Å². The van der Waals surface area contributed by atoms with Gasteiger partial charge in [0.05, 0.1) is 0 Å². The maximum atomic E-state index is 5.67. The van der Waals surface area contributed by atoms with E-state index in [1.807, 2.05) is 34.9 Å². The van der Waals surface area contributed by atoms with Crippen molar-refractivity contribution in [3.05, 3.63) is 50.7 Å². The van der Waals surface area contributed by atoms with Gasteiger partial charge < -0.3 is 14.9 Å². The summed E-state index contributed by atoms with van der Waals surface area (Å²) < 4.78 is 1.92. The normalized spacial score (nSPS) is 9.00. The van der Waals surface area contributed by atoms with Crippen molar-refractivity contribution < 1.29 is 13.5 Å². The fraction of sp³-hybridized carbons (Fsp3) is 0. The minimum atomic E-state index is -1.61. The molecule has 0 aliphatic rings. The quantitative estimate of drug-likeness (QED) is 0.547. The van der Waals surface area contributed by atoms with Crippen LogP contribution in [0.2, 0.25) is 0 Å². The summed E-state index contributed by atoms with van der Waals surface area (Å²) in [6, 6.07) is 9.89. The Hall–Kier alpha value is 0.293. The van der Waals surface area contributed by atoms with Gasteiger partial charge in [0.2, 0.25) is 0 Å². The summed E-state index contributed by atoms with van der Waals surface area (Å²) in [6.45, 7) is 0. The second-order valence-electron chi connectivity index (χ2n) is 1.72. The van der Waals surface area contributed by atoms with Gasteiger partial charge in [0.1, 0.15) is 0 Å². The second-order valence-corrected chi connectivity index (χ2v) is 7.44. The van der Waals surface area contributed by atoms with Crippen molar-refractivity contribution in [1.29, 1.82) is 0 Å². The summed E-state index contributed by atoms with van der Waals surface area (Å²) in [4.78, 5) is 0. The van der Waals surface area contributed by atoms with Crippen LogP contribution >= 0.6 is 19.4 Å². The number of benzene rings is 1. The van der Waals surface area contributed by atoms with E-state index in [9.17, 15) is 0 Å². The van der Waals surface area contributed by atoms with Crippen LogP contribution in [-0.4, -0.2) is 4.61 Å². The zero-order chi connectivity index (χ0) is 7.40. The third-order valence-electron chi connectivity index (χ3n) is 0.995. The molecule has 0 heterocycles. The molecule has 12 heavy (non-hydrogen) atoms. The predicted octanol–water partition coefficient (Wildman–Crippen LogP) is 3.66. The fourth-order valence-corrected chi connectivity index (χ4v) is 2.44. The molecule has 0 nitrogen and oxygen atoms in total. The molecule has 1 rings (SSSR count). The first kappa shape index (κ1) is 14.8. The van der Waals surface area contributed by atoms with Crippen LogP contribution in [0.1, 0.15) is 5.56 Å². The molecule has 0 saturated carbocycles. The predicted molar refractivity (Wildman–Crippen MR) is 56.1 cm³/mol. The SMILES string of the molecule is [CH3-].[CH3-].[Cl][Ru]([Cl])=[CH]c1ccccc1. The number of rotatable bonds is 1. The molecule has 1 aromatic carbocycles. The van der Waals surface area contributed by atoms with Crippen molar-refractivity contribution in [3.8, 4) is 0 Å². The van der Waals surface area contributed by atoms with Crippen LogP contribution in [0.3, 0.4) is 0 Å². The summed E-state index contributed by atoms with van der Waals surface area (Å²) in [6.07, 6.45) is 0. The maximum absolute atomic E-state index is 5.67. The van der Waals surface area contributed by atoms with Crippen molar-refractivity contribution in [2.45, 2.75) is 0 Å². The van der Waals surface area contributed by atoms with E-state index in [1.165, 1.54) is 0 Å². The molecule has 0 unspecified atom stereocenters. The van der Waals surface area contributed by atoms with Gasteiger partial charge in [-0.15, -0.1) is 0 Å². The van der Waals surface area contributed by atoms with Gasteiger partial charge >= 0.3 is 73.4 Å². The molecule has 0 radical (unpaired) electrons. The third kappa shape index (κ3) is 5.88. The van der Waals surface area contributed by atoms with E-state index in [0.717, 1.165) is 5.56 Å². The molecule has 72 valence electrons. The first-order valence-electron chi connectivity index (χ1n) is 2.67. The van der Waals surface area contributed by atoms with Gasteiger partial charge in [-0.3, -0.25) is 0 Å². The molecule has 0 bridgehead atoms. The molecule has 0 N–H and O–H groups in total. The Bertz CT molecular complexity index is 228. The molecule has 0 aliphatic heterocycles. The monoisotopic (exact) mass is 292 g/mol. The van der Waals surface area contributed by atoms with Crippen LogP contribution < -0.4 is 0 Å². The van der Waals surface area contributed by atoms with Gasteiger partial charge in [0.15, 0.2) is 0 Å². The third-order valence-corrected chi connectivity index (χ3v) is 2.87. The Balaban J connectivity index is 0. The first-order valence-corrected chi connectivity index (χ1v) is 8.15. The minimum absolute atomic E-state index is 0. The zero-order valence-electron chi connectivity index (χ0n) is 7.07. The second kappa shape index (κ2) is 7.92. The van der Waals surface area contributed by atoms with Gasteiger partial charge in [-0.1, -0.05) is 0 Å². The molecule has 3 heteroatoms. The van der Waals surface area contributed by atoms with Crippen molar-refractivity contribution in [1.82, 2.24) is 0 Å². The van der Waals surface area contributed by atoms with Crippen LogP contribution in [0.5, 0.6) is 0 Å². The molecular formula is C9H12Cl2Ru-2. The van der Waals surface area contributed by atoms with Crippen molar-refractivity contribution in [2.75, 3.05) is 0 Å².